The van der Waals surface area contributed by atoms with E-state index in [0.29, 0.717) is 10.8 Å². The number of nitriles is 1. The number of carbonyl (C=O) groups excluding carboxylic acids is 1. The average molecular weight is 371 g/mol. The molecule has 2 rings (SSSR count). The Morgan fingerprint density at radius 3 is 2.31 bits per heavy atom. The first-order valence-electron chi connectivity index (χ1n) is 7.82. The number of hydrogen-bond acceptors (Lipinski definition) is 5. The van der Waals surface area contributed by atoms with E-state index < -0.39 is 12.0 Å². The largest absolute Gasteiger partial charge is 0.497 e. The van der Waals surface area contributed by atoms with Crippen LogP contribution in [0.1, 0.15) is 11.6 Å². The van der Waals surface area contributed by atoms with Crippen molar-refractivity contribution in [2.45, 2.75) is 6.04 Å². The van der Waals surface area contributed by atoms with Crippen molar-refractivity contribution in [3.05, 3.63) is 71.3 Å². The molecule has 0 fully saturated rings. The number of hydrogen-bond donors (Lipinski definition) is 0. The second kappa shape index (κ2) is 8.93. The summed E-state index contributed by atoms with van der Waals surface area (Å²) < 4.78 is 9.91. The van der Waals surface area contributed by atoms with Crippen LogP contribution in [0.2, 0.25) is 5.02 Å². The molecule has 0 amide bonds. The number of rotatable bonds is 7. The van der Waals surface area contributed by atoms with Crippen LogP contribution in [-0.2, 0) is 9.53 Å². The Labute approximate surface area is 158 Å². The zero-order valence-electron chi connectivity index (χ0n) is 14.6. The summed E-state index contributed by atoms with van der Waals surface area (Å²) in [4.78, 5) is 13.6. The third-order valence-corrected chi connectivity index (χ3v) is 4.11. The van der Waals surface area contributed by atoms with Gasteiger partial charge in [0, 0.05) is 16.3 Å². The van der Waals surface area contributed by atoms with Crippen LogP contribution in [-0.4, -0.2) is 26.7 Å². The fourth-order valence-corrected chi connectivity index (χ4v) is 2.62. The molecule has 1 atom stereocenters. The molecule has 0 aliphatic heterocycles. The minimum atomic E-state index is -0.637. The molecule has 1 unspecified atom stereocenters. The summed E-state index contributed by atoms with van der Waals surface area (Å²) in [7, 11) is 2.88. The number of esters is 1. The molecule has 0 N–H and O–H groups in total. The molecule has 2 aromatic rings. The number of halogens is 1. The first-order chi connectivity index (χ1) is 12.5. The van der Waals surface area contributed by atoms with Crippen molar-refractivity contribution in [1.82, 2.24) is 0 Å². The molecule has 0 aliphatic carbocycles. The fraction of sp³-hybridized carbons (Fsp3) is 0.200. The van der Waals surface area contributed by atoms with Crippen molar-refractivity contribution in [2.24, 2.45) is 0 Å². The smallest absolute Gasteiger partial charge is 0.334 e. The van der Waals surface area contributed by atoms with E-state index in [9.17, 15) is 10.1 Å². The Morgan fingerprint density at radius 2 is 1.81 bits per heavy atom. The molecule has 6 heteroatoms. The molecule has 0 saturated carbocycles. The highest BCUT2D eigenvalue weighted by Gasteiger charge is 2.23. The topological polar surface area (TPSA) is 62.6 Å². The first kappa shape index (κ1) is 19.4. The number of nitrogens with zero attached hydrogens (tertiary/aromatic N) is 2. The highest BCUT2D eigenvalue weighted by atomic mass is 35.5. The van der Waals surface area contributed by atoms with E-state index in [2.05, 4.69) is 12.6 Å². The lowest BCUT2D eigenvalue weighted by Crippen LogP contribution is -2.31. The lowest BCUT2D eigenvalue weighted by Gasteiger charge is -2.30. The molecule has 0 saturated heterocycles. The SMILES string of the molecule is C=C(CN(c1ccc(OC)cc1)C(C#N)c1ccc(Cl)cc1)C(=O)OC. The predicted molar refractivity (Wildman–Crippen MR) is 101 cm³/mol. The van der Waals surface area contributed by atoms with E-state index in [4.69, 9.17) is 21.1 Å². The summed E-state index contributed by atoms with van der Waals surface area (Å²) in [5, 5.41) is 10.4. The molecule has 26 heavy (non-hydrogen) atoms. The standard InChI is InChI=1S/C20H19ClN2O3/c1-14(20(24)26-3)13-23(17-8-10-18(25-2)11-9-17)19(12-22)15-4-6-16(21)7-5-15/h4-11,19H,1,13H2,2-3H3. The minimum absolute atomic E-state index is 0.139. The normalized spacial score (nSPS) is 11.2. The van der Waals surface area contributed by atoms with Crippen LogP contribution in [0.3, 0.4) is 0 Å². The Balaban J connectivity index is 2.43. The third kappa shape index (κ3) is 4.56. The molecule has 0 bridgehead atoms. The fourth-order valence-electron chi connectivity index (χ4n) is 2.49. The first-order valence-corrected chi connectivity index (χ1v) is 8.19. The number of benzene rings is 2. The molecular formula is C20H19ClN2O3. The summed E-state index contributed by atoms with van der Waals surface area (Å²) in [6.45, 7) is 3.92. The van der Waals surface area contributed by atoms with Gasteiger partial charge in [-0.05, 0) is 42.0 Å². The van der Waals surface area contributed by atoms with Crippen molar-refractivity contribution in [3.8, 4) is 11.8 Å². The Bertz CT molecular complexity index is 810. The average Bonchev–Trinajstić information content (AvgIpc) is 2.68. The Kier molecular flexibility index (Phi) is 6.65. The summed E-state index contributed by atoms with van der Waals surface area (Å²) in [5.74, 6) is 0.178. The summed E-state index contributed by atoms with van der Waals surface area (Å²) >= 11 is 5.95. The van der Waals surface area contributed by atoms with Gasteiger partial charge >= 0.3 is 5.97 Å². The van der Waals surface area contributed by atoms with Crippen molar-refractivity contribution >= 4 is 23.3 Å². The monoisotopic (exact) mass is 370 g/mol. The molecular weight excluding hydrogens is 352 g/mol. The van der Waals surface area contributed by atoms with E-state index in [1.165, 1.54) is 7.11 Å². The van der Waals surface area contributed by atoms with Crippen LogP contribution in [0.25, 0.3) is 0 Å². The zero-order valence-corrected chi connectivity index (χ0v) is 15.4. The van der Waals surface area contributed by atoms with Gasteiger partial charge in [0.2, 0.25) is 0 Å². The lowest BCUT2D eigenvalue weighted by molar-refractivity contribution is -0.136. The van der Waals surface area contributed by atoms with Crippen molar-refractivity contribution < 1.29 is 14.3 Å². The number of anilines is 1. The second-order valence-electron chi connectivity index (χ2n) is 5.50. The van der Waals surface area contributed by atoms with Crippen molar-refractivity contribution in [3.63, 3.8) is 0 Å². The van der Waals surface area contributed by atoms with Crippen LogP contribution < -0.4 is 9.64 Å². The van der Waals surface area contributed by atoms with E-state index >= 15 is 0 Å². The second-order valence-corrected chi connectivity index (χ2v) is 5.94. The van der Waals surface area contributed by atoms with Crippen LogP contribution >= 0.6 is 11.6 Å². The maximum atomic E-state index is 11.8. The van der Waals surface area contributed by atoms with Gasteiger partial charge in [-0.3, -0.25) is 0 Å². The zero-order chi connectivity index (χ0) is 19.1. The molecule has 0 spiro atoms. The molecule has 0 radical (unpaired) electrons. The lowest BCUT2D eigenvalue weighted by atomic mass is 10.0. The van der Waals surface area contributed by atoms with E-state index in [-0.39, 0.29) is 12.1 Å². The number of methoxy groups -OCH3 is 2. The quantitative estimate of drug-likeness (QED) is 0.541. The molecule has 2 aromatic carbocycles. The van der Waals surface area contributed by atoms with Gasteiger partial charge in [-0.15, -0.1) is 0 Å². The van der Waals surface area contributed by atoms with Crippen molar-refractivity contribution in [1.29, 1.82) is 5.26 Å². The van der Waals surface area contributed by atoms with Crippen molar-refractivity contribution in [2.75, 3.05) is 25.7 Å². The molecule has 0 aliphatic rings. The van der Waals surface area contributed by atoms with E-state index in [0.717, 1.165) is 11.3 Å². The third-order valence-electron chi connectivity index (χ3n) is 3.86. The van der Waals surface area contributed by atoms with Gasteiger partial charge in [0.05, 0.1) is 26.8 Å². The Morgan fingerprint density at radius 1 is 1.19 bits per heavy atom. The molecule has 0 heterocycles. The maximum Gasteiger partial charge on any atom is 0.334 e. The highest BCUT2D eigenvalue weighted by molar-refractivity contribution is 6.30. The summed E-state index contributed by atoms with van der Waals surface area (Å²) in [6, 6.07) is 15.9. The predicted octanol–water partition coefficient (Wildman–Crippen LogP) is 4.15. The van der Waals surface area contributed by atoms with Crippen LogP contribution in [0.5, 0.6) is 5.75 Å². The number of ether oxygens (including phenoxy) is 2. The highest BCUT2D eigenvalue weighted by Crippen LogP contribution is 2.30. The van der Waals surface area contributed by atoms with Gasteiger partial charge in [-0.1, -0.05) is 30.3 Å². The maximum absolute atomic E-state index is 11.8. The van der Waals surface area contributed by atoms with Gasteiger partial charge in [-0.2, -0.15) is 5.26 Å². The van der Waals surface area contributed by atoms with Gasteiger partial charge < -0.3 is 14.4 Å². The van der Waals surface area contributed by atoms with E-state index in [1.54, 1.807) is 48.4 Å². The summed E-state index contributed by atoms with van der Waals surface area (Å²) in [5.41, 5.74) is 1.75. The van der Waals surface area contributed by atoms with E-state index in [1.807, 2.05) is 12.1 Å². The molecule has 0 aromatic heterocycles. The van der Waals surface area contributed by atoms with Crippen LogP contribution in [0.4, 0.5) is 5.69 Å². The van der Waals surface area contributed by atoms with Crippen LogP contribution in [0, 0.1) is 11.3 Å². The number of carbonyl (C=O) groups is 1. The van der Waals surface area contributed by atoms with Gasteiger partial charge in [-0.25, -0.2) is 4.79 Å². The van der Waals surface area contributed by atoms with Gasteiger partial charge in [0.25, 0.3) is 0 Å². The minimum Gasteiger partial charge on any atom is -0.497 e. The van der Waals surface area contributed by atoms with Crippen LogP contribution in [0.15, 0.2) is 60.7 Å². The Hall–Kier alpha value is -2.97. The molecule has 134 valence electrons. The van der Waals surface area contributed by atoms with Gasteiger partial charge in [0.1, 0.15) is 11.8 Å². The molecule has 5 nitrogen and oxygen atoms in total. The summed E-state index contributed by atoms with van der Waals surface area (Å²) in [6.07, 6.45) is 0. The van der Waals surface area contributed by atoms with Gasteiger partial charge in [0.15, 0.2) is 0 Å².